The highest BCUT2D eigenvalue weighted by molar-refractivity contribution is 7.91. The Kier molecular flexibility index (Phi) is 4.78. The van der Waals surface area contributed by atoms with Crippen LogP contribution in [0.5, 0.6) is 0 Å². The molecule has 0 saturated carbocycles. The topological polar surface area (TPSA) is 67.6 Å². The van der Waals surface area contributed by atoms with Gasteiger partial charge in [-0.15, -0.1) is 11.3 Å². The van der Waals surface area contributed by atoms with Crippen molar-refractivity contribution in [3.63, 3.8) is 0 Å². The van der Waals surface area contributed by atoms with Gasteiger partial charge in [0.15, 0.2) is 15.6 Å². The molecule has 27 heavy (non-hydrogen) atoms. The summed E-state index contributed by atoms with van der Waals surface area (Å²) < 4.78 is 29.8. The first-order chi connectivity index (χ1) is 12.8. The number of thiophene rings is 1. The lowest BCUT2D eigenvalue weighted by Gasteiger charge is -2.27. The van der Waals surface area contributed by atoms with Gasteiger partial charge in [0.05, 0.1) is 18.1 Å². The van der Waals surface area contributed by atoms with Gasteiger partial charge in [-0.05, 0) is 43.0 Å². The van der Waals surface area contributed by atoms with Crippen molar-refractivity contribution in [1.29, 1.82) is 0 Å². The third kappa shape index (κ3) is 3.63. The largest absolute Gasteiger partial charge is 0.451 e. The molecule has 4 rings (SSSR count). The molecular formula is C19H18ClNO4S2. The van der Waals surface area contributed by atoms with Crippen molar-refractivity contribution in [2.24, 2.45) is 0 Å². The Balaban J connectivity index is 1.73. The average molecular weight is 424 g/mol. The van der Waals surface area contributed by atoms with E-state index in [1.54, 1.807) is 34.4 Å². The molecule has 1 fully saturated rings. The van der Waals surface area contributed by atoms with Crippen molar-refractivity contribution < 1.29 is 17.6 Å². The predicted octanol–water partition coefficient (Wildman–Crippen LogP) is 4.29. The molecule has 0 bridgehead atoms. The van der Waals surface area contributed by atoms with E-state index in [4.69, 9.17) is 16.0 Å². The maximum atomic E-state index is 13.4. The van der Waals surface area contributed by atoms with Gasteiger partial charge in [0.1, 0.15) is 5.58 Å². The summed E-state index contributed by atoms with van der Waals surface area (Å²) in [6.45, 7) is 2.19. The van der Waals surface area contributed by atoms with E-state index in [1.807, 2.05) is 24.4 Å². The van der Waals surface area contributed by atoms with E-state index in [9.17, 15) is 13.2 Å². The number of benzene rings is 1. The normalized spacial score (nSPS) is 18.8. The quantitative estimate of drug-likeness (QED) is 0.627. The summed E-state index contributed by atoms with van der Waals surface area (Å²) in [7, 11) is -3.11. The molecule has 3 heterocycles. The van der Waals surface area contributed by atoms with Gasteiger partial charge in [0.2, 0.25) is 0 Å². The van der Waals surface area contributed by atoms with Crippen LogP contribution in [-0.2, 0) is 16.4 Å². The number of nitrogens with zero attached hydrogens (tertiary/aromatic N) is 1. The molecule has 0 spiro atoms. The molecule has 1 aliphatic heterocycles. The first-order valence-corrected chi connectivity index (χ1v) is 11.6. The Bertz CT molecular complexity index is 1100. The smallest absolute Gasteiger partial charge is 0.290 e. The van der Waals surface area contributed by atoms with Gasteiger partial charge in [0, 0.05) is 26.9 Å². The number of halogens is 1. The van der Waals surface area contributed by atoms with Crippen LogP contribution in [-0.4, -0.2) is 36.8 Å². The van der Waals surface area contributed by atoms with E-state index in [0.29, 0.717) is 23.6 Å². The molecule has 0 radical (unpaired) electrons. The van der Waals surface area contributed by atoms with E-state index >= 15 is 0 Å². The van der Waals surface area contributed by atoms with Crippen LogP contribution < -0.4 is 0 Å². The number of sulfone groups is 1. The fourth-order valence-electron chi connectivity index (χ4n) is 3.49. The molecule has 1 atom stereocenters. The third-order valence-electron chi connectivity index (χ3n) is 4.91. The Morgan fingerprint density at radius 1 is 1.37 bits per heavy atom. The molecule has 2 aromatic heterocycles. The Hall–Kier alpha value is -1.83. The molecule has 3 aromatic rings. The maximum Gasteiger partial charge on any atom is 0.290 e. The summed E-state index contributed by atoms with van der Waals surface area (Å²) in [6.07, 6.45) is 0.449. The third-order valence-corrected chi connectivity index (χ3v) is 7.76. The van der Waals surface area contributed by atoms with Crippen molar-refractivity contribution in [2.75, 3.05) is 11.5 Å². The number of carbonyl (C=O) groups excluding carboxylic acids is 1. The number of aryl methyl sites for hydroxylation is 1. The molecule has 1 aromatic carbocycles. The zero-order chi connectivity index (χ0) is 19.2. The summed E-state index contributed by atoms with van der Waals surface area (Å²) in [5, 5.41) is 3.31. The first-order valence-electron chi connectivity index (χ1n) is 8.56. The molecule has 0 unspecified atom stereocenters. The zero-order valence-electron chi connectivity index (χ0n) is 14.6. The summed E-state index contributed by atoms with van der Waals surface area (Å²) in [5.74, 6) is 0.0685. The lowest BCUT2D eigenvalue weighted by atomic mass is 10.1. The standard InChI is InChI=1S/C19H18ClNO4S2/c1-12-16-9-13(20)4-5-17(16)25-18(12)19(22)21(10-15-3-2-7-26-15)14-6-8-27(23,24)11-14/h2-5,7,9,14H,6,8,10-11H2,1H3/t14-/m0/s1. The van der Waals surface area contributed by atoms with Crippen molar-refractivity contribution >= 4 is 49.7 Å². The zero-order valence-corrected chi connectivity index (χ0v) is 17.0. The Labute approximate surface area is 166 Å². The molecule has 0 aliphatic carbocycles. The summed E-state index contributed by atoms with van der Waals surface area (Å²) >= 11 is 7.61. The minimum atomic E-state index is -3.11. The van der Waals surface area contributed by atoms with Gasteiger partial charge in [-0.25, -0.2) is 8.42 Å². The van der Waals surface area contributed by atoms with Gasteiger partial charge in [-0.2, -0.15) is 0 Å². The first kappa shape index (κ1) is 18.5. The van der Waals surface area contributed by atoms with Crippen LogP contribution in [0.15, 0.2) is 40.1 Å². The molecule has 8 heteroatoms. The summed E-state index contributed by atoms with van der Waals surface area (Å²) in [5.41, 5.74) is 1.31. The number of hydrogen-bond acceptors (Lipinski definition) is 5. The molecule has 1 saturated heterocycles. The van der Waals surface area contributed by atoms with Crippen molar-refractivity contribution in [3.8, 4) is 0 Å². The number of fused-ring (bicyclic) bond motifs is 1. The number of amides is 1. The van der Waals surface area contributed by atoms with Crippen molar-refractivity contribution in [3.05, 3.63) is 56.9 Å². The van der Waals surface area contributed by atoms with Gasteiger partial charge in [-0.3, -0.25) is 4.79 Å². The second-order valence-electron chi connectivity index (χ2n) is 6.77. The number of furan rings is 1. The van der Waals surface area contributed by atoms with E-state index in [1.165, 1.54) is 0 Å². The highest BCUT2D eigenvalue weighted by Crippen LogP contribution is 2.31. The lowest BCUT2D eigenvalue weighted by molar-refractivity contribution is 0.0651. The van der Waals surface area contributed by atoms with Crippen LogP contribution in [0.25, 0.3) is 11.0 Å². The molecule has 0 N–H and O–H groups in total. The second kappa shape index (κ2) is 6.96. The summed E-state index contributed by atoms with van der Waals surface area (Å²) in [4.78, 5) is 16.0. The van der Waals surface area contributed by atoms with Crippen molar-refractivity contribution in [1.82, 2.24) is 4.90 Å². The van der Waals surface area contributed by atoms with Crippen LogP contribution >= 0.6 is 22.9 Å². The fraction of sp³-hybridized carbons (Fsp3) is 0.316. The molecule has 142 valence electrons. The minimum absolute atomic E-state index is 0.00474. The maximum absolute atomic E-state index is 13.4. The lowest BCUT2D eigenvalue weighted by Crippen LogP contribution is -2.40. The Morgan fingerprint density at radius 3 is 2.85 bits per heavy atom. The van der Waals surface area contributed by atoms with Crippen LogP contribution in [0.3, 0.4) is 0 Å². The van der Waals surface area contributed by atoms with Crippen molar-refractivity contribution in [2.45, 2.75) is 25.9 Å². The van der Waals surface area contributed by atoms with E-state index in [0.717, 1.165) is 15.8 Å². The highest BCUT2D eigenvalue weighted by atomic mass is 35.5. The molecule has 5 nitrogen and oxygen atoms in total. The second-order valence-corrected chi connectivity index (χ2v) is 10.5. The molecule has 1 amide bonds. The number of carbonyl (C=O) groups is 1. The van der Waals surface area contributed by atoms with Crippen LogP contribution in [0.2, 0.25) is 5.02 Å². The van der Waals surface area contributed by atoms with E-state index in [2.05, 4.69) is 0 Å². The van der Waals surface area contributed by atoms with Gasteiger partial charge in [-0.1, -0.05) is 17.7 Å². The van der Waals surface area contributed by atoms with Gasteiger partial charge < -0.3 is 9.32 Å². The predicted molar refractivity (Wildman–Crippen MR) is 107 cm³/mol. The molecule has 1 aliphatic rings. The Morgan fingerprint density at radius 2 is 2.19 bits per heavy atom. The van der Waals surface area contributed by atoms with Gasteiger partial charge in [0.25, 0.3) is 5.91 Å². The minimum Gasteiger partial charge on any atom is -0.451 e. The van der Waals surface area contributed by atoms with E-state index in [-0.39, 0.29) is 29.2 Å². The SMILES string of the molecule is Cc1c(C(=O)N(Cc2cccs2)[C@H]2CCS(=O)(=O)C2)oc2ccc(Cl)cc12. The van der Waals surface area contributed by atoms with Crippen LogP contribution in [0.1, 0.15) is 27.4 Å². The summed E-state index contributed by atoms with van der Waals surface area (Å²) in [6, 6.07) is 8.75. The number of rotatable bonds is 4. The highest BCUT2D eigenvalue weighted by Gasteiger charge is 2.36. The van der Waals surface area contributed by atoms with Crippen LogP contribution in [0.4, 0.5) is 0 Å². The van der Waals surface area contributed by atoms with Crippen LogP contribution in [0, 0.1) is 6.92 Å². The average Bonchev–Trinajstić information content (AvgIpc) is 3.33. The van der Waals surface area contributed by atoms with Gasteiger partial charge >= 0.3 is 0 Å². The molecular weight excluding hydrogens is 406 g/mol. The monoisotopic (exact) mass is 423 g/mol. The fourth-order valence-corrected chi connectivity index (χ4v) is 6.09. The number of hydrogen-bond donors (Lipinski definition) is 0. The van der Waals surface area contributed by atoms with E-state index < -0.39 is 9.84 Å².